The number of fused-ring (bicyclic) bond motifs is 1. The number of ether oxygens (including phenoxy) is 3. The highest BCUT2D eigenvalue weighted by Crippen LogP contribution is 2.36. The molecule has 150 valence electrons. The summed E-state index contributed by atoms with van der Waals surface area (Å²) in [4.78, 5) is 25.2. The maximum atomic E-state index is 12.7. The van der Waals surface area contributed by atoms with Gasteiger partial charge in [-0.05, 0) is 49.8 Å². The van der Waals surface area contributed by atoms with Gasteiger partial charge in [-0.25, -0.2) is 4.79 Å². The molecule has 5 heteroatoms. The molecule has 30 heavy (non-hydrogen) atoms. The molecule has 0 fully saturated rings. The summed E-state index contributed by atoms with van der Waals surface area (Å²) in [6.07, 6.45) is 1.66. The number of para-hydroxylation sites is 1. The monoisotopic (exact) mass is 400 g/mol. The van der Waals surface area contributed by atoms with Gasteiger partial charge >= 0.3 is 5.97 Å². The minimum Gasteiger partial charge on any atom is -0.493 e. The molecular formula is C25H20O5. The molecule has 1 aliphatic heterocycles. The Kier molecular flexibility index (Phi) is 5.35. The summed E-state index contributed by atoms with van der Waals surface area (Å²) in [6, 6.07) is 19.4. The van der Waals surface area contributed by atoms with Crippen LogP contribution in [0, 0.1) is 6.92 Å². The smallest absolute Gasteiger partial charge is 0.343 e. The first-order valence-corrected chi connectivity index (χ1v) is 9.64. The average molecular weight is 400 g/mol. The first-order valence-electron chi connectivity index (χ1n) is 9.64. The van der Waals surface area contributed by atoms with Crippen LogP contribution in [0.5, 0.6) is 17.2 Å². The van der Waals surface area contributed by atoms with Gasteiger partial charge in [0.25, 0.3) is 0 Å². The number of hydrogen-bond donors (Lipinski definition) is 0. The van der Waals surface area contributed by atoms with E-state index in [0.29, 0.717) is 35.0 Å². The van der Waals surface area contributed by atoms with Crippen LogP contribution >= 0.6 is 0 Å². The highest BCUT2D eigenvalue weighted by molar-refractivity contribution is 6.14. The molecule has 5 nitrogen and oxygen atoms in total. The van der Waals surface area contributed by atoms with Crippen molar-refractivity contribution in [2.75, 3.05) is 6.61 Å². The molecule has 0 saturated carbocycles. The van der Waals surface area contributed by atoms with E-state index < -0.39 is 5.97 Å². The van der Waals surface area contributed by atoms with E-state index in [1.54, 1.807) is 36.4 Å². The summed E-state index contributed by atoms with van der Waals surface area (Å²) in [7, 11) is 0. The third kappa shape index (κ3) is 3.82. The van der Waals surface area contributed by atoms with E-state index in [0.717, 1.165) is 11.1 Å². The number of carbonyl (C=O) groups excluding carboxylic acids is 2. The third-order valence-electron chi connectivity index (χ3n) is 4.72. The summed E-state index contributed by atoms with van der Waals surface area (Å²) in [6.45, 7) is 4.26. The molecule has 0 amide bonds. The Morgan fingerprint density at radius 2 is 1.80 bits per heavy atom. The number of benzene rings is 3. The first-order chi connectivity index (χ1) is 14.6. The van der Waals surface area contributed by atoms with Gasteiger partial charge in [-0.3, -0.25) is 4.79 Å². The minimum absolute atomic E-state index is 0.194. The van der Waals surface area contributed by atoms with Gasteiger partial charge in [0.15, 0.2) is 5.76 Å². The zero-order chi connectivity index (χ0) is 21.1. The van der Waals surface area contributed by atoms with Crippen LogP contribution in [0.3, 0.4) is 0 Å². The summed E-state index contributed by atoms with van der Waals surface area (Å²) in [5, 5.41) is 0. The summed E-state index contributed by atoms with van der Waals surface area (Å²) >= 11 is 0. The Morgan fingerprint density at radius 1 is 1.03 bits per heavy atom. The third-order valence-corrected chi connectivity index (χ3v) is 4.72. The zero-order valence-electron chi connectivity index (χ0n) is 16.7. The number of carbonyl (C=O) groups is 2. The summed E-state index contributed by atoms with van der Waals surface area (Å²) in [5.41, 5.74) is 2.49. The molecule has 3 aromatic carbocycles. The predicted molar refractivity (Wildman–Crippen MR) is 113 cm³/mol. The first kappa shape index (κ1) is 19.5. The Bertz CT molecular complexity index is 1160. The average Bonchev–Trinajstić information content (AvgIpc) is 3.04. The topological polar surface area (TPSA) is 61.8 Å². The van der Waals surface area contributed by atoms with Crippen molar-refractivity contribution in [3.63, 3.8) is 0 Å². The molecule has 4 rings (SSSR count). The van der Waals surface area contributed by atoms with Crippen LogP contribution in [0.1, 0.15) is 38.8 Å². The summed E-state index contributed by atoms with van der Waals surface area (Å²) < 4.78 is 16.9. The van der Waals surface area contributed by atoms with Crippen molar-refractivity contribution in [1.82, 2.24) is 0 Å². The number of Topliss-reactive ketones (excluding diaryl/α,β-unsaturated/α-hetero) is 1. The number of ketones is 1. The van der Waals surface area contributed by atoms with Crippen LogP contribution in [0.2, 0.25) is 0 Å². The van der Waals surface area contributed by atoms with E-state index in [9.17, 15) is 9.59 Å². The van der Waals surface area contributed by atoms with Gasteiger partial charge in [-0.1, -0.05) is 36.4 Å². The van der Waals surface area contributed by atoms with Gasteiger partial charge in [0, 0.05) is 11.6 Å². The molecule has 0 saturated heterocycles. The lowest BCUT2D eigenvalue weighted by Gasteiger charge is -2.08. The summed E-state index contributed by atoms with van der Waals surface area (Å²) in [5.74, 6) is 0.847. The van der Waals surface area contributed by atoms with Crippen LogP contribution in [0.15, 0.2) is 72.5 Å². The van der Waals surface area contributed by atoms with Crippen molar-refractivity contribution in [3.05, 3.63) is 94.7 Å². The van der Waals surface area contributed by atoms with E-state index in [-0.39, 0.29) is 11.5 Å². The Hall–Kier alpha value is -3.86. The highest BCUT2D eigenvalue weighted by atomic mass is 16.5. The number of aryl methyl sites for hydroxylation is 1. The normalized spacial score (nSPS) is 13.7. The molecule has 0 aromatic heterocycles. The zero-order valence-corrected chi connectivity index (χ0v) is 16.7. The Balaban J connectivity index is 1.57. The fraction of sp³-hybridized carbons (Fsp3) is 0.120. The van der Waals surface area contributed by atoms with E-state index >= 15 is 0 Å². The molecule has 0 radical (unpaired) electrons. The number of hydrogen-bond acceptors (Lipinski definition) is 5. The number of rotatable bonds is 5. The molecular weight excluding hydrogens is 380 g/mol. The van der Waals surface area contributed by atoms with Crippen LogP contribution < -0.4 is 14.2 Å². The van der Waals surface area contributed by atoms with Gasteiger partial charge < -0.3 is 14.2 Å². The van der Waals surface area contributed by atoms with Crippen LogP contribution in [0.25, 0.3) is 6.08 Å². The number of allylic oxidation sites excluding steroid dienone is 1. The van der Waals surface area contributed by atoms with Crippen molar-refractivity contribution in [2.45, 2.75) is 13.8 Å². The second-order valence-corrected chi connectivity index (χ2v) is 6.77. The van der Waals surface area contributed by atoms with Crippen molar-refractivity contribution in [1.29, 1.82) is 0 Å². The standard InChI is InChI=1S/C25H20O5/c1-3-28-21-11-7-5-9-17(21)14-23-24(26)20-13-12-18(15-22(20)30-23)29-25(27)19-10-6-4-8-16(19)2/h4-15H,3H2,1-2H3. The van der Waals surface area contributed by atoms with E-state index in [1.165, 1.54) is 0 Å². The molecule has 0 N–H and O–H groups in total. The van der Waals surface area contributed by atoms with Gasteiger partial charge in [-0.2, -0.15) is 0 Å². The molecule has 0 atom stereocenters. The molecule has 0 aliphatic carbocycles. The lowest BCUT2D eigenvalue weighted by Crippen LogP contribution is -2.10. The fourth-order valence-electron chi connectivity index (χ4n) is 3.22. The van der Waals surface area contributed by atoms with Crippen molar-refractivity contribution in [3.8, 4) is 17.2 Å². The SMILES string of the molecule is CCOc1ccccc1C=C1Oc2cc(OC(=O)c3ccccc3C)ccc2C1=O. The van der Waals surface area contributed by atoms with E-state index in [1.807, 2.05) is 50.2 Å². The number of esters is 1. The molecule has 0 unspecified atom stereocenters. The fourth-order valence-corrected chi connectivity index (χ4v) is 3.22. The van der Waals surface area contributed by atoms with Gasteiger partial charge in [0.1, 0.15) is 17.2 Å². The quantitative estimate of drug-likeness (QED) is 0.333. The van der Waals surface area contributed by atoms with Crippen molar-refractivity contribution >= 4 is 17.8 Å². The van der Waals surface area contributed by atoms with Gasteiger partial charge in [0.2, 0.25) is 5.78 Å². The van der Waals surface area contributed by atoms with Crippen LogP contribution in [-0.4, -0.2) is 18.4 Å². The maximum Gasteiger partial charge on any atom is 0.343 e. The Labute approximate surface area is 174 Å². The molecule has 0 bridgehead atoms. The largest absolute Gasteiger partial charge is 0.493 e. The predicted octanol–water partition coefficient (Wildman–Crippen LogP) is 5.23. The van der Waals surface area contributed by atoms with E-state index in [2.05, 4.69) is 0 Å². The van der Waals surface area contributed by atoms with Crippen molar-refractivity contribution < 1.29 is 23.8 Å². The Morgan fingerprint density at radius 3 is 2.60 bits per heavy atom. The van der Waals surface area contributed by atoms with Crippen LogP contribution in [-0.2, 0) is 0 Å². The van der Waals surface area contributed by atoms with E-state index in [4.69, 9.17) is 14.2 Å². The molecule has 1 heterocycles. The molecule has 0 spiro atoms. The lowest BCUT2D eigenvalue weighted by molar-refractivity contribution is 0.0733. The lowest BCUT2D eigenvalue weighted by atomic mass is 10.1. The van der Waals surface area contributed by atoms with Crippen molar-refractivity contribution in [2.24, 2.45) is 0 Å². The molecule has 1 aliphatic rings. The minimum atomic E-state index is -0.459. The highest BCUT2D eigenvalue weighted by Gasteiger charge is 2.28. The van der Waals surface area contributed by atoms with Gasteiger partial charge in [0.05, 0.1) is 17.7 Å². The maximum absolute atomic E-state index is 12.7. The van der Waals surface area contributed by atoms with Crippen LogP contribution in [0.4, 0.5) is 0 Å². The molecule has 3 aromatic rings. The van der Waals surface area contributed by atoms with Gasteiger partial charge in [-0.15, -0.1) is 0 Å². The second-order valence-electron chi connectivity index (χ2n) is 6.77. The second kappa shape index (κ2) is 8.25.